The van der Waals surface area contributed by atoms with Crippen molar-refractivity contribution in [2.45, 2.75) is 31.7 Å². The van der Waals surface area contributed by atoms with Crippen LogP contribution in [0.1, 0.15) is 32.2 Å². The van der Waals surface area contributed by atoms with Crippen molar-refractivity contribution < 1.29 is 4.79 Å². The van der Waals surface area contributed by atoms with E-state index in [-0.39, 0.29) is 11.5 Å². The van der Waals surface area contributed by atoms with E-state index in [1.807, 2.05) is 32.0 Å². The molecule has 0 aliphatic heterocycles. The predicted octanol–water partition coefficient (Wildman–Crippen LogP) is 3.57. The minimum Gasteiger partial charge on any atom is -0.321 e. The van der Waals surface area contributed by atoms with Gasteiger partial charge in [-0.25, -0.2) is 9.97 Å². The summed E-state index contributed by atoms with van der Waals surface area (Å²) in [6.07, 6.45) is 1.42. The molecule has 3 aromatic heterocycles. The minimum absolute atomic E-state index is 0.241. The SMILES string of the molecule is Cc1ccc(NC(=O)c2sc3nc(CSc4ncn[nH]4)[nH]c(=O)c3c2C)c(C)c1. The molecule has 4 rings (SSSR count). The zero-order valence-corrected chi connectivity index (χ0v) is 17.6. The van der Waals surface area contributed by atoms with Crippen LogP contribution >= 0.6 is 23.1 Å². The fourth-order valence-corrected chi connectivity index (χ4v) is 4.75. The molecule has 3 N–H and O–H groups in total. The number of H-pyrrole nitrogens is 2. The Morgan fingerprint density at radius 1 is 1.28 bits per heavy atom. The zero-order chi connectivity index (χ0) is 20.5. The first-order valence-electron chi connectivity index (χ1n) is 8.81. The van der Waals surface area contributed by atoms with Gasteiger partial charge in [-0.15, -0.1) is 11.3 Å². The van der Waals surface area contributed by atoms with E-state index in [0.717, 1.165) is 16.8 Å². The Morgan fingerprint density at radius 2 is 2.10 bits per heavy atom. The van der Waals surface area contributed by atoms with Gasteiger partial charge in [-0.1, -0.05) is 29.5 Å². The van der Waals surface area contributed by atoms with Crippen LogP contribution in [0.4, 0.5) is 5.69 Å². The average Bonchev–Trinajstić information content (AvgIpc) is 3.30. The number of thioether (sulfide) groups is 1. The molecule has 1 aromatic carbocycles. The highest BCUT2D eigenvalue weighted by molar-refractivity contribution is 7.98. The van der Waals surface area contributed by atoms with Gasteiger partial charge in [0.25, 0.3) is 11.5 Å². The van der Waals surface area contributed by atoms with Crippen molar-refractivity contribution in [2.24, 2.45) is 0 Å². The maximum Gasteiger partial charge on any atom is 0.266 e. The molecule has 4 aromatic rings. The van der Waals surface area contributed by atoms with E-state index >= 15 is 0 Å². The molecule has 0 unspecified atom stereocenters. The Hall–Kier alpha value is -2.98. The van der Waals surface area contributed by atoms with Crippen molar-refractivity contribution in [2.75, 3.05) is 5.32 Å². The van der Waals surface area contributed by atoms with Gasteiger partial charge in [-0.3, -0.25) is 14.7 Å². The second-order valence-corrected chi connectivity index (χ2v) is 8.56. The first-order valence-corrected chi connectivity index (χ1v) is 10.6. The first kappa shape index (κ1) is 19.3. The third-order valence-corrected chi connectivity index (χ3v) is 6.50. The van der Waals surface area contributed by atoms with Gasteiger partial charge in [0.15, 0.2) is 5.16 Å². The molecule has 29 heavy (non-hydrogen) atoms. The Bertz CT molecular complexity index is 1260. The molecular weight excluding hydrogens is 408 g/mol. The molecule has 0 saturated carbocycles. The lowest BCUT2D eigenvalue weighted by atomic mass is 10.1. The van der Waals surface area contributed by atoms with E-state index in [9.17, 15) is 9.59 Å². The monoisotopic (exact) mass is 426 g/mol. The van der Waals surface area contributed by atoms with E-state index in [4.69, 9.17) is 0 Å². The number of carbonyl (C=O) groups excluding carboxylic acids is 1. The van der Waals surface area contributed by atoms with Gasteiger partial charge < -0.3 is 10.3 Å². The number of rotatable bonds is 5. The van der Waals surface area contributed by atoms with Gasteiger partial charge >= 0.3 is 0 Å². The number of benzene rings is 1. The quantitative estimate of drug-likeness (QED) is 0.420. The number of aromatic nitrogens is 5. The summed E-state index contributed by atoms with van der Waals surface area (Å²) in [4.78, 5) is 37.9. The second-order valence-electron chi connectivity index (χ2n) is 6.60. The molecule has 0 aliphatic rings. The van der Waals surface area contributed by atoms with Crippen molar-refractivity contribution >= 4 is 44.9 Å². The Kier molecular flexibility index (Phi) is 5.20. The van der Waals surface area contributed by atoms with Crippen molar-refractivity contribution in [3.63, 3.8) is 0 Å². The van der Waals surface area contributed by atoms with Gasteiger partial charge in [0.1, 0.15) is 17.0 Å². The van der Waals surface area contributed by atoms with Crippen LogP contribution in [0, 0.1) is 20.8 Å². The van der Waals surface area contributed by atoms with Crippen LogP contribution in [-0.2, 0) is 5.75 Å². The number of fused-ring (bicyclic) bond motifs is 1. The van der Waals surface area contributed by atoms with E-state index in [2.05, 4.69) is 30.5 Å². The smallest absolute Gasteiger partial charge is 0.266 e. The number of amides is 1. The third-order valence-electron chi connectivity index (χ3n) is 4.42. The average molecular weight is 427 g/mol. The van der Waals surface area contributed by atoms with Crippen molar-refractivity contribution in [3.05, 3.63) is 62.3 Å². The molecule has 0 radical (unpaired) electrons. The summed E-state index contributed by atoms with van der Waals surface area (Å²) in [5, 5.41) is 10.6. The molecule has 0 spiro atoms. The van der Waals surface area contributed by atoms with Crippen LogP contribution in [0.2, 0.25) is 0 Å². The van der Waals surface area contributed by atoms with Gasteiger partial charge in [0.2, 0.25) is 0 Å². The molecule has 1 amide bonds. The molecule has 0 atom stereocenters. The summed E-state index contributed by atoms with van der Waals surface area (Å²) >= 11 is 2.61. The van der Waals surface area contributed by atoms with E-state index < -0.39 is 0 Å². The topological polar surface area (TPSA) is 116 Å². The van der Waals surface area contributed by atoms with Crippen LogP contribution < -0.4 is 10.9 Å². The van der Waals surface area contributed by atoms with Gasteiger partial charge in [0, 0.05) is 5.69 Å². The molecule has 0 bridgehead atoms. The van der Waals surface area contributed by atoms with Crippen molar-refractivity contribution in [1.29, 1.82) is 0 Å². The standard InChI is InChI=1S/C19H18N6O2S2/c1-9-4-5-12(10(2)6-9)22-17(27)15-11(3)14-16(26)23-13(24-18(14)29-15)7-28-19-20-8-21-25-19/h4-6,8H,7H2,1-3H3,(H,22,27)(H,20,21,25)(H,23,24,26). The number of hydrogen-bond donors (Lipinski definition) is 3. The van der Waals surface area contributed by atoms with Gasteiger partial charge in [-0.2, -0.15) is 5.10 Å². The summed E-state index contributed by atoms with van der Waals surface area (Å²) < 4.78 is 0. The fraction of sp³-hybridized carbons (Fsp3) is 0.211. The van der Waals surface area contributed by atoms with Crippen LogP contribution in [-0.4, -0.2) is 31.1 Å². The summed E-state index contributed by atoms with van der Waals surface area (Å²) in [5.74, 6) is 0.711. The normalized spacial score (nSPS) is 11.1. The number of carbonyl (C=O) groups is 1. The number of nitrogens with one attached hydrogen (secondary N) is 3. The second kappa shape index (κ2) is 7.80. The summed E-state index contributed by atoms with van der Waals surface area (Å²) in [5.41, 5.74) is 3.26. The van der Waals surface area contributed by atoms with Crippen LogP contribution in [0.25, 0.3) is 10.2 Å². The molecular formula is C19H18N6O2S2. The highest BCUT2D eigenvalue weighted by atomic mass is 32.2. The number of aryl methyl sites for hydroxylation is 3. The Labute approximate surface area is 174 Å². The van der Waals surface area contributed by atoms with Crippen molar-refractivity contribution in [1.82, 2.24) is 25.1 Å². The van der Waals surface area contributed by atoms with Crippen molar-refractivity contribution in [3.8, 4) is 0 Å². The Morgan fingerprint density at radius 3 is 2.83 bits per heavy atom. The summed E-state index contributed by atoms with van der Waals surface area (Å²) in [7, 11) is 0. The highest BCUT2D eigenvalue weighted by Gasteiger charge is 2.20. The van der Waals surface area contributed by atoms with Gasteiger partial charge in [-0.05, 0) is 38.0 Å². The molecule has 3 heterocycles. The molecule has 0 aliphatic carbocycles. The predicted molar refractivity (Wildman–Crippen MR) is 115 cm³/mol. The first-order chi connectivity index (χ1) is 13.9. The maximum absolute atomic E-state index is 12.9. The maximum atomic E-state index is 12.9. The number of nitrogens with zero attached hydrogens (tertiary/aromatic N) is 3. The fourth-order valence-electron chi connectivity index (χ4n) is 3.01. The molecule has 8 nitrogen and oxygen atoms in total. The van der Waals surface area contributed by atoms with Crippen LogP contribution in [0.5, 0.6) is 0 Å². The van der Waals surface area contributed by atoms with Crippen LogP contribution in [0.15, 0.2) is 34.5 Å². The Balaban J connectivity index is 1.63. The molecule has 0 fully saturated rings. The summed E-state index contributed by atoms with van der Waals surface area (Å²) in [6, 6.07) is 5.85. The zero-order valence-electron chi connectivity index (χ0n) is 16.0. The number of anilines is 1. The lowest BCUT2D eigenvalue weighted by Crippen LogP contribution is -2.13. The molecule has 10 heteroatoms. The minimum atomic E-state index is -0.248. The lowest BCUT2D eigenvalue weighted by molar-refractivity contribution is 0.103. The van der Waals surface area contributed by atoms with E-state index in [1.54, 1.807) is 6.92 Å². The van der Waals surface area contributed by atoms with E-state index in [0.29, 0.717) is 37.4 Å². The van der Waals surface area contributed by atoms with Gasteiger partial charge in [0.05, 0.1) is 16.0 Å². The third kappa shape index (κ3) is 3.94. The largest absolute Gasteiger partial charge is 0.321 e. The number of aromatic amines is 2. The molecule has 148 valence electrons. The highest BCUT2D eigenvalue weighted by Crippen LogP contribution is 2.29. The number of hydrogen-bond acceptors (Lipinski definition) is 7. The van der Waals surface area contributed by atoms with E-state index in [1.165, 1.54) is 29.4 Å². The van der Waals surface area contributed by atoms with Crippen LogP contribution in [0.3, 0.4) is 0 Å². The molecule has 0 saturated heterocycles. The summed E-state index contributed by atoms with van der Waals surface area (Å²) in [6.45, 7) is 5.73. The lowest BCUT2D eigenvalue weighted by Gasteiger charge is -2.08. The number of thiophene rings is 1.